The molecule has 0 aliphatic carbocycles. The number of anilines is 1. The van der Waals surface area contributed by atoms with Crippen LogP contribution in [0.1, 0.15) is 79.5 Å². The van der Waals surface area contributed by atoms with Crippen LogP contribution in [0.25, 0.3) is 10.6 Å². The van der Waals surface area contributed by atoms with Crippen LogP contribution in [-0.4, -0.2) is 135 Å². The Balaban J connectivity index is 1.63. The molecule has 3 aliphatic rings. The lowest BCUT2D eigenvalue weighted by Crippen LogP contribution is -2.60. The van der Waals surface area contributed by atoms with E-state index in [0.717, 1.165) is 15.4 Å². The fraction of sp³-hybridized carbons (Fsp3) is 0.690. The van der Waals surface area contributed by atoms with Crippen molar-refractivity contribution in [3.63, 3.8) is 0 Å². The third-order valence-corrected chi connectivity index (χ3v) is 13.2. The minimum Gasteiger partial charge on any atom is -0.459 e. The van der Waals surface area contributed by atoms with E-state index < -0.39 is 82.4 Å². The van der Waals surface area contributed by atoms with Crippen LogP contribution in [0, 0.1) is 28.6 Å². The van der Waals surface area contributed by atoms with Gasteiger partial charge in [-0.3, -0.25) is 9.59 Å². The third-order valence-electron chi connectivity index (χ3n) is 12.1. The first-order chi connectivity index (χ1) is 28.7. The predicted octanol–water partition coefficient (Wildman–Crippen LogP) is 4.36. The quantitative estimate of drug-likeness (QED) is 0.156. The van der Waals surface area contributed by atoms with Gasteiger partial charge in [-0.15, -0.1) is 11.3 Å². The lowest BCUT2D eigenvalue weighted by atomic mass is 9.74. The number of rotatable bonds is 9. The largest absolute Gasteiger partial charge is 0.459 e. The molecule has 13 atom stereocenters. The standard InChI is InChI=1S/C42H63N6O12S/c1-11-32-42(8,52)38-24(4)34(45-48(53)54)22(2)18-41(7,56-20-27(19-55-38)46-57-21-28-15-16-31(61-28)29-13-12-14-33(43)44-29)37(25(5)35(49)26(6)39(51)59-32)60-40-36(50)30(47(9)10)17-23(3)58-40/h12-16,22-26,30,32,36-38,40,50,52H,11,17-21H2,1-10H3,(H2,43,44)(H,53,54)/q+1/b45-34+,46-27+/t22-,23-,24+,25+,26-,30+,32-,36-,37-,38-,40+,41-,42-/m1/s1. The Morgan fingerprint density at radius 3 is 2.46 bits per heavy atom. The van der Waals surface area contributed by atoms with Crippen molar-refractivity contribution in [2.45, 2.75) is 135 Å². The monoisotopic (exact) mass is 875 g/mol. The van der Waals surface area contributed by atoms with Crippen molar-refractivity contribution in [2.24, 2.45) is 33.9 Å². The number of aliphatic hydroxyl groups excluding tert-OH is 1. The highest BCUT2D eigenvalue weighted by Gasteiger charge is 2.53. The van der Waals surface area contributed by atoms with Crippen LogP contribution in [-0.2, 0) is 44.7 Å². The zero-order valence-electron chi connectivity index (χ0n) is 36.7. The van der Waals surface area contributed by atoms with Gasteiger partial charge in [-0.1, -0.05) is 38.9 Å². The summed E-state index contributed by atoms with van der Waals surface area (Å²) in [6.45, 7) is 12.8. The van der Waals surface area contributed by atoms with Gasteiger partial charge in [-0.05, 0) is 85.3 Å². The molecule has 2 aromatic rings. The fourth-order valence-corrected chi connectivity index (χ4v) is 9.75. The molecule has 0 amide bonds. The average Bonchev–Trinajstić information content (AvgIpc) is 3.67. The number of nitrogens with two attached hydrogens (primary N) is 1. The van der Waals surface area contributed by atoms with Crippen LogP contribution >= 0.6 is 11.3 Å². The molecule has 3 saturated heterocycles. The summed E-state index contributed by atoms with van der Waals surface area (Å²) in [6.07, 6.45) is -5.72. The Kier molecular flexibility index (Phi) is 15.8. The Bertz CT molecular complexity index is 1930. The molecule has 18 nitrogen and oxygen atoms in total. The van der Waals surface area contributed by atoms with Crippen molar-refractivity contribution in [3.8, 4) is 10.6 Å². The molecule has 0 radical (unpaired) electrons. The van der Waals surface area contributed by atoms with Gasteiger partial charge in [-0.2, -0.15) is 0 Å². The van der Waals surface area contributed by atoms with E-state index in [4.69, 9.17) is 34.3 Å². The minimum absolute atomic E-state index is 0.0107. The van der Waals surface area contributed by atoms with E-state index in [1.54, 1.807) is 40.7 Å². The van der Waals surface area contributed by atoms with Gasteiger partial charge in [0.25, 0.3) is 0 Å². The predicted molar refractivity (Wildman–Crippen MR) is 226 cm³/mol. The molecule has 0 saturated carbocycles. The van der Waals surface area contributed by atoms with Gasteiger partial charge in [0.15, 0.2) is 18.7 Å². The van der Waals surface area contributed by atoms with Crippen LogP contribution < -0.4 is 5.73 Å². The summed E-state index contributed by atoms with van der Waals surface area (Å²) in [7, 11) is 3.69. The lowest BCUT2D eigenvalue weighted by molar-refractivity contribution is -0.796. The number of cyclic esters (lactones) is 1. The van der Waals surface area contributed by atoms with Crippen LogP contribution in [0.4, 0.5) is 5.82 Å². The number of thiophene rings is 1. The molecule has 0 aromatic carbocycles. The molecular formula is C42H63N6O12S+. The number of nitrogens with zero attached hydrogens (tertiary/aromatic N) is 5. The Morgan fingerprint density at radius 2 is 1.80 bits per heavy atom. The number of pyridine rings is 1. The zero-order valence-corrected chi connectivity index (χ0v) is 37.5. The van der Waals surface area contributed by atoms with E-state index in [-0.39, 0.29) is 56.2 Å². The number of carbonyl (C=O) groups is 2. The van der Waals surface area contributed by atoms with Crippen LogP contribution in [0.2, 0.25) is 0 Å². The maximum Gasteiger partial charge on any atom is 0.387 e. The van der Waals surface area contributed by atoms with Gasteiger partial charge in [0.2, 0.25) is 0 Å². The summed E-state index contributed by atoms with van der Waals surface area (Å²) in [5, 5.41) is 41.9. The molecule has 0 spiro atoms. The van der Waals surface area contributed by atoms with E-state index >= 15 is 0 Å². The van der Waals surface area contributed by atoms with Gasteiger partial charge in [-0.25, -0.2) is 10.2 Å². The van der Waals surface area contributed by atoms with Crippen molar-refractivity contribution >= 4 is 40.3 Å². The Morgan fingerprint density at radius 1 is 1.08 bits per heavy atom. The molecule has 61 heavy (non-hydrogen) atoms. The first kappa shape index (κ1) is 48.1. The molecule has 2 bridgehead atoms. The fourth-order valence-electron chi connectivity index (χ4n) is 8.87. The molecule has 5 heterocycles. The van der Waals surface area contributed by atoms with Gasteiger partial charge in [0, 0.05) is 28.7 Å². The number of hydrogen-bond acceptors (Lipinski definition) is 16. The molecule has 5 rings (SSSR count). The van der Waals surface area contributed by atoms with Gasteiger partial charge in [0.1, 0.15) is 45.9 Å². The van der Waals surface area contributed by atoms with E-state index in [1.165, 1.54) is 25.2 Å². The molecule has 5 N–H and O–H groups in total. The molecule has 3 aliphatic heterocycles. The minimum atomic E-state index is -1.95. The maximum atomic E-state index is 14.5. The molecule has 338 valence electrons. The van der Waals surface area contributed by atoms with Crippen LogP contribution in [0.15, 0.2) is 40.6 Å². The van der Waals surface area contributed by atoms with Crippen molar-refractivity contribution < 1.29 is 58.6 Å². The number of ketones is 1. The SMILES string of the molecule is CC[C@H]1OC(=O)[C@H](C)C(=O)[C@H](C)[C@@H](O[C@@H]2O[C@H](C)C[C@H](N(C)C)[C@H]2O)[C@@]2(C)C[C@@H](C)/C(=N\[N+](=O)O)[C@H](C)[C@@H](OC/C(=N\OCc3ccc(-c4cccc(N)n4)s3)CO2)[C@]1(C)O. The first-order valence-electron chi connectivity index (χ1n) is 20.8. The number of ether oxygens (including phenoxy) is 5. The Hall–Kier alpha value is -3.95. The number of Topliss-reactive ketones (excluding diaryl/α,β-unsaturated/α-hetero) is 1. The summed E-state index contributed by atoms with van der Waals surface area (Å²) in [4.78, 5) is 54.6. The van der Waals surface area contributed by atoms with E-state index in [0.29, 0.717) is 12.2 Å². The number of hydrazone groups is 1. The second-order valence-electron chi connectivity index (χ2n) is 17.3. The maximum absolute atomic E-state index is 14.5. The number of nitrogen functional groups attached to an aromatic ring is 1. The van der Waals surface area contributed by atoms with Crippen LogP contribution in [0.5, 0.6) is 0 Å². The van der Waals surface area contributed by atoms with Crippen molar-refractivity contribution in [1.82, 2.24) is 9.88 Å². The number of fused-ring (bicyclic) bond motifs is 5. The number of carbonyl (C=O) groups excluding carboxylic acids is 2. The zero-order chi connectivity index (χ0) is 45.0. The first-order valence-corrected chi connectivity index (χ1v) is 21.6. The number of esters is 1. The summed E-state index contributed by atoms with van der Waals surface area (Å²) >= 11 is 1.45. The normalized spacial score (nSPS) is 37.2. The number of hydrogen-bond donors (Lipinski definition) is 4. The van der Waals surface area contributed by atoms with E-state index in [1.807, 2.05) is 50.2 Å². The highest BCUT2D eigenvalue weighted by atomic mass is 32.1. The molecule has 3 fully saturated rings. The van der Waals surface area contributed by atoms with Gasteiger partial charge in [0.05, 0.1) is 52.8 Å². The van der Waals surface area contributed by atoms with Crippen molar-refractivity contribution in [1.29, 1.82) is 0 Å². The van der Waals surface area contributed by atoms with Crippen LogP contribution in [0.3, 0.4) is 0 Å². The number of likely N-dealkylation sites (N-methyl/N-ethyl adjacent to an activating group) is 1. The second kappa shape index (κ2) is 20.0. The highest BCUT2D eigenvalue weighted by Crippen LogP contribution is 2.40. The summed E-state index contributed by atoms with van der Waals surface area (Å²) in [5.41, 5.74) is 3.55. The summed E-state index contributed by atoms with van der Waals surface area (Å²) in [5.74, 6) is -5.02. The lowest BCUT2D eigenvalue weighted by Gasteiger charge is -2.47. The topological polar surface area (TPSA) is 237 Å². The molecular weight excluding hydrogens is 813 g/mol. The van der Waals surface area contributed by atoms with Gasteiger partial charge >= 0.3 is 11.0 Å². The Labute approximate surface area is 360 Å². The number of aromatic nitrogens is 1. The van der Waals surface area contributed by atoms with Gasteiger partial charge < -0.3 is 49.4 Å². The van der Waals surface area contributed by atoms with Crippen molar-refractivity contribution in [3.05, 3.63) is 40.1 Å². The van der Waals surface area contributed by atoms with Crippen molar-refractivity contribution in [2.75, 3.05) is 33.0 Å². The summed E-state index contributed by atoms with van der Waals surface area (Å²) in [6, 6.07) is 8.84. The highest BCUT2D eigenvalue weighted by molar-refractivity contribution is 7.15. The number of aliphatic hydroxyl groups is 2. The number of oxime groups is 1. The smallest absolute Gasteiger partial charge is 0.387 e. The molecule has 19 heteroatoms. The van der Waals surface area contributed by atoms with E-state index in [9.17, 15) is 29.9 Å². The van der Waals surface area contributed by atoms with E-state index in [2.05, 4.69) is 15.2 Å². The molecule has 0 unspecified atom stereocenters. The average molecular weight is 876 g/mol. The third kappa shape index (κ3) is 11.2. The molecule has 2 aromatic heterocycles. The second-order valence-corrected chi connectivity index (χ2v) is 18.4. The summed E-state index contributed by atoms with van der Waals surface area (Å²) < 4.78 is 32.2.